The van der Waals surface area contributed by atoms with Crippen molar-refractivity contribution in [2.75, 3.05) is 0 Å². The molecule has 0 spiro atoms. The van der Waals surface area contributed by atoms with Crippen LogP contribution in [0.25, 0.3) is 0 Å². The number of nitrogens with zero attached hydrogens (tertiary/aromatic N) is 2. The molecule has 0 N–H and O–H groups in total. The van der Waals surface area contributed by atoms with E-state index in [1.54, 1.807) is 0 Å². The highest BCUT2D eigenvalue weighted by Gasteiger charge is 2.36. The zero-order chi connectivity index (χ0) is 15.1. The molecule has 0 aliphatic heterocycles. The van der Waals surface area contributed by atoms with Gasteiger partial charge >= 0.3 is 0 Å². The Morgan fingerprint density at radius 2 is 2.18 bits per heavy atom. The van der Waals surface area contributed by atoms with Crippen molar-refractivity contribution in [2.24, 2.45) is 11.3 Å². The molecule has 1 aromatic rings. The minimum Gasteiger partial charge on any atom is -0.337 e. The van der Waals surface area contributed by atoms with Crippen molar-refractivity contribution in [1.29, 1.82) is 0 Å². The Kier molecular flexibility index (Phi) is 7.67. The lowest BCUT2D eigenvalue weighted by Gasteiger charge is -2.40. The summed E-state index contributed by atoms with van der Waals surface area (Å²) in [7, 11) is 0. The fourth-order valence-electron chi connectivity index (χ4n) is 3.39. The van der Waals surface area contributed by atoms with E-state index < -0.39 is 0 Å². The van der Waals surface area contributed by atoms with Crippen LogP contribution in [-0.4, -0.2) is 9.55 Å². The van der Waals surface area contributed by atoms with Gasteiger partial charge in [-0.2, -0.15) is 0 Å². The molecule has 2 nitrogen and oxygen atoms in total. The Hall–Kier alpha value is -1.28. The van der Waals surface area contributed by atoms with Crippen LogP contribution in [0.2, 0.25) is 0 Å². The SMILES string of the molecule is C=CC1=CC=CC(CCCCCC)(Cn2ccnc2)C1C.Cl. The molecule has 2 atom stereocenters. The average molecular weight is 321 g/mol. The van der Waals surface area contributed by atoms with E-state index >= 15 is 0 Å². The summed E-state index contributed by atoms with van der Waals surface area (Å²) in [6.07, 6.45) is 21.2. The van der Waals surface area contributed by atoms with Crippen LogP contribution in [0.5, 0.6) is 0 Å². The molecular formula is C19H29ClN2. The highest BCUT2D eigenvalue weighted by molar-refractivity contribution is 5.85. The van der Waals surface area contributed by atoms with Crippen molar-refractivity contribution in [3.63, 3.8) is 0 Å². The molecule has 0 amide bonds. The standard InChI is InChI=1S/C19H28N2.ClH/c1-4-6-7-8-11-19(15-21-14-13-20-16-21)12-9-10-18(5-2)17(19)3;/h5,9-10,12-14,16-17H,2,4,6-8,11,15H2,1,3H3;1H. The van der Waals surface area contributed by atoms with Gasteiger partial charge in [-0.25, -0.2) is 4.98 Å². The molecular weight excluding hydrogens is 292 g/mol. The van der Waals surface area contributed by atoms with Crippen LogP contribution in [0.1, 0.15) is 46.0 Å². The van der Waals surface area contributed by atoms with Gasteiger partial charge in [0.05, 0.1) is 6.33 Å². The number of hydrogen-bond acceptors (Lipinski definition) is 1. The minimum atomic E-state index is 0. The van der Waals surface area contributed by atoms with E-state index in [9.17, 15) is 0 Å². The van der Waals surface area contributed by atoms with Crippen LogP contribution in [-0.2, 0) is 6.54 Å². The van der Waals surface area contributed by atoms with E-state index in [2.05, 4.69) is 54.4 Å². The molecule has 3 heteroatoms. The number of imidazole rings is 1. The Morgan fingerprint density at radius 1 is 1.36 bits per heavy atom. The second kappa shape index (κ2) is 8.99. The fraction of sp³-hybridized carbons (Fsp3) is 0.526. The van der Waals surface area contributed by atoms with Crippen molar-refractivity contribution in [3.05, 3.63) is 55.2 Å². The van der Waals surface area contributed by atoms with E-state index in [0.717, 1.165) is 6.54 Å². The van der Waals surface area contributed by atoms with E-state index in [0.29, 0.717) is 5.92 Å². The van der Waals surface area contributed by atoms with Crippen LogP contribution in [0.3, 0.4) is 0 Å². The maximum Gasteiger partial charge on any atom is 0.0946 e. The number of aromatic nitrogens is 2. The van der Waals surface area contributed by atoms with Crippen molar-refractivity contribution >= 4 is 12.4 Å². The quantitative estimate of drug-likeness (QED) is 0.572. The summed E-state index contributed by atoms with van der Waals surface area (Å²) in [6.45, 7) is 9.60. The third kappa shape index (κ3) is 4.36. The van der Waals surface area contributed by atoms with Gasteiger partial charge in [0, 0.05) is 24.4 Å². The van der Waals surface area contributed by atoms with E-state index in [-0.39, 0.29) is 17.8 Å². The predicted molar refractivity (Wildman–Crippen MR) is 97.3 cm³/mol. The molecule has 1 aliphatic rings. The third-order valence-electron chi connectivity index (χ3n) is 4.85. The van der Waals surface area contributed by atoms with Crippen LogP contribution < -0.4 is 0 Å². The molecule has 0 saturated heterocycles. The largest absolute Gasteiger partial charge is 0.337 e. The Morgan fingerprint density at radius 3 is 2.82 bits per heavy atom. The molecule has 1 aromatic heterocycles. The first-order chi connectivity index (χ1) is 10.2. The second-order valence-corrected chi connectivity index (χ2v) is 6.23. The number of allylic oxidation sites excluding steroid dienone is 5. The normalized spacial score (nSPS) is 23.7. The summed E-state index contributed by atoms with van der Waals surface area (Å²) in [4.78, 5) is 4.20. The smallest absolute Gasteiger partial charge is 0.0946 e. The maximum absolute atomic E-state index is 4.20. The highest BCUT2D eigenvalue weighted by atomic mass is 35.5. The molecule has 0 radical (unpaired) electrons. The van der Waals surface area contributed by atoms with Gasteiger partial charge in [0.2, 0.25) is 0 Å². The number of halogens is 1. The predicted octanol–water partition coefficient (Wildman–Crippen LogP) is 5.58. The second-order valence-electron chi connectivity index (χ2n) is 6.23. The molecule has 2 rings (SSSR count). The lowest BCUT2D eigenvalue weighted by Crippen LogP contribution is -2.34. The number of hydrogen-bond donors (Lipinski definition) is 0. The first-order valence-electron chi connectivity index (χ1n) is 8.19. The topological polar surface area (TPSA) is 17.8 Å². The number of rotatable bonds is 8. The van der Waals surface area contributed by atoms with Crippen LogP contribution >= 0.6 is 12.4 Å². The lowest BCUT2D eigenvalue weighted by molar-refractivity contribution is 0.211. The fourth-order valence-corrected chi connectivity index (χ4v) is 3.39. The zero-order valence-electron chi connectivity index (χ0n) is 13.9. The van der Waals surface area contributed by atoms with Gasteiger partial charge in [-0.1, -0.05) is 70.4 Å². The Labute approximate surface area is 141 Å². The average Bonchev–Trinajstić information content (AvgIpc) is 2.99. The number of unbranched alkanes of at least 4 members (excludes halogenated alkanes) is 3. The van der Waals surface area contributed by atoms with Crippen LogP contribution in [0.15, 0.2) is 55.2 Å². The summed E-state index contributed by atoms with van der Waals surface area (Å²) < 4.78 is 2.21. The molecule has 0 aromatic carbocycles. The summed E-state index contributed by atoms with van der Waals surface area (Å²) in [5.74, 6) is 0.504. The van der Waals surface area contributed by atoms with Crippen molar-refractivity contribution in [1.82, 2.24) is 9.55 Å². The molecule has 2 unspecified atom stereocenters. The van der Waals surface area contributed by atoms with Gasteiger partial charge < -0.3 is 4.57 Å². The Balaban J connectivity index is 0.00000242. The highest BCUT2D eigenvalue weighted by Crippen LogP contribution is 2.43. The maximum atomic E-state index is 4.20. The molecule has 1 aliphatic carbocycles. The van der Waals surface area contributed by atoms with Gasteiger partial charge in [-0.15, -0.1) is 12.4 Å². The summed E-state index contributed by atoms with van der Waals surface area (Å²) >= 11 is 0. The molecule has 0 saturated carbocycles. The first-order valence-corrected chi connectivity index (χ1v) is 8.19. The molecule has 0 fully saturated rings. The Bertz CT molecular complexity index is 502. The molecule has 0 bridgehead atoms. The van der Waals surface area contributed by atoms with Gasteiger partial charge in [-0.05, 0) is 17.9 Å². The molecule has 122 valence electrons. The van der Waals surface area contributed by atoms with Crippen molar-refractivity contribution < 1.29 is 0 Å². The van der Waals surface area contributed by atoms with Gasteiger partial charge in [0.1, 0.15) is 0 Å². The van der Waals surface area contributed by atoms with Crippen LogP contribution in [0.4, 0.5) is 0 Å². The summed E-state index contributed by atoms with van der Waals surface area (Å²) in [5.41, 5.74) is 1.54. The van der Waals surface area contributed by atoms with Gasteiger partial charge in [0.25, 0.3) is 0 Å². The van der Waals surface area contributed by atoms with E-state index in [1.807, 2.05) is 18.6 Å². The minimum absolute atomic E-state index is 0. The third-order valence-corrected chi connectivity index (χ3v) is 4.85. The monoisotopic (exact) mass is 320 g/mol. The molecule has 1 heterocycles. The lowest BCUT2D eigenvalue weighted by atomic mass is 9.67. The summed E-state index contributed by atoms with van der Waals surface area (Å²) in [5, 5.41) is 0. The zero-order valence-corrected chi connectivity index (χ0v) is 14.7. The molecule has 22 heavy (non-hydrogen) atoms. The summed E-state index contributed by atoms with van der Waals surface area (Å²) in [6, 6.07) is 0. The van der Waals surface area contributed by atoms with Crippen molar-refractivity contribution in [3.8, 4) is 0 Å². The first kappa shape index (κ1) is 18.8. The van der Waals surface area contributed by atoms with Crippen molar-refractivity contribution in [2.45, 2.75) is 52.5 Å². The van der Waals surface area contributed by atoms with Gasteiger partial charge in [0.15, 0.2) is 0 Å². The van der Waals surface area contributed by atoms with E-state index in [1.165, 1.54) is 37.7 Å². The van der Waals surface area contributed by atoms with Gasteiger partial charge in [-0.3, -0.25) is 0 Å². The van der Waals surface area contributed by atoms with Crippen LogP contribution in [0, 0.1) is 11.3 Å². The van der Waals surface area contributed by atoms with E-state index in [4.69, 9.17) is 0 Å².